The molecule has 0 radical (unpaired) electrons. The van der Waals surface area contributed by atoms with Crippen LogP contribution in [0.15, 0.2) is 40.1 Å². The number of aryl methyl sites for hydroxylation is 1. The SMILES string of the molecule is CCCCNc1ccc(S(N)(=O)=O)cc1NS(=O)(=O)c1cc(C(=O)O)cc2c1CCC2. The molecule has 1 aliphatic rings. The van der Waals surface area contributed by atoms with Crippen molar-refractivity contribution >= 4 is 37.4 Å². The smallest absolute Gasteiger partial charge is 0.335 e. The van der Waals surface area contributed by atoms with Crippen LogP contribution in [0.25, 0.3) is 0 Å². The average molecular weight is 468 g/mol. The fourth-order valence-electron chi connectivity index (χ4n) is 3.57. The molecular weight excluding hydrogens is 442 g/mol. The number of unbranched alkanes of at least 4 members (excludes halogenated alkanes) is 1. The summed E-state index contributed by atoms with van der Waals surface area (Å²) >= 11 is 0. The zero-order chi connectivity index (χ0) is 22.8. The molecule has 31 heavy (non-hydrogen) atoms. The molecule has 0 aromatic heterocycles. The lowest BCUT2D eigenvalue weighted by molar-refractivity contribution is 0.0696. The van der Waals surface area contributed by atoms with Crippen LogP contribution < -0.4 is 15.2 Å². The van der Waals surface area contributed by atoms with Gasteiger partial charge in [0.2, 0.25) is 10.0 Å². The number of sulfonamides is 2. The summed E-state index contributed by atoms with van der Waals surface area (Å²) in [6.07, 6.45) is 3.59. The third-order valence-electron chi connectivity index (χ3n) is 5.12. The van der Waals surface area contributed by atoms with Crippen molar-refractivity contribution in [2.75, 3.05) is 16.6 Å². The van der Waals surface area contributed by atoms with Gasteiger partial charge in [0.15, 0.2) is 0 Å². The van der Waals surface area contributed by atoms with Gasteiger partial charge in [-0.25, -0.2) is 26.8 Å². The van der Waals surface area contributed by atoms with E-state index in [4.69, 9.17) is 5.14 Å². The van der Waals surface area contributed by atoms with E-state index in [2.05, 4.69) is 10.0 Å². The summed E-state index contributed by atoms with van der Waals surface area (Å²) in [7, 11) is -8.25. The molecule has 11 heteroatoms. The fourth-order valence-corrected chi connectivity index (χ4v) is 5.52. The lowest BCUT2D eigenvalue weighted by atomic mass is 10.1. The summed E-state index contributed by atoms with van der Waals surface area (Å²) in [5.41, 5.74) is 1.59. The van der Waals surface area contributed by atoms with Crippen molar-refractivity contribution in [2.45, 2.75) is 48.8 Å². The summed E-state index contributed by atoms with van der Waals surface area (Å²) < 4.78 is 52.5. The highest BCUT2D eigenvalue weighted by Crippen LogP contribution is 2.33. The molecule has 0 spiro atoms. The van der Waals surface area contributed by atoms with Crippen molar-refractivity contribution in [1.82, 2.24) is 0 Å². The van der Waals surface area contributed by atoms with Gasteiger partial charge in [-0.05, 0) is 67.1 Å². The maximum Gasteiger partial charge on any atom is 0.335 e. The quantitative estimate of drug-likeness (QED) is 0.413. The minimum Gasteiger partial charge on any atom is -0.478 e. The van der Waals surface area contributed by atoms with Crippen molar-refractivity contribution < 1.29 is 26.7 Å². The largest absolute Gasteiger partial charge is 0.478 e. The summed E-state index contributed by atoms with van der Waals surface area (Å²) in [4.78, 5) is 11.1. The summed E-state index contributed by atoms with van der Waals surface area (Å²) in [5, 5.41) is 17.7. The van der Waals surface area contributed by atoms with Crippen LogP contribution in [0.3, 0.4) is 0 Å². The number of rotatable bonds is 9. The maximum absolute atomic E-state index is 13.3. The second-order valence-corrected chi connectivity index (χ2v) is 10.6. The molecule has 0 saturated carbocycles. The first-order valence-corrected chi connectivity index (χ1v) is 12.9. The second-order valence-electron chi connectivity index (χ2n) is 7.41. The predicted molar refractivity (Wildman–Crippen MR) is 117 cm³/mol. The van der Waals surface area contributed by atoms with Crippen LogP contribution in [0.2, 0.25) is 0 Å². The first-order valence-electron chi connectivity index (χ1n) is 9.85. The van der Waals surface area contributed by atoms with Gasteiger partial charge in [0.05, 0.1) is 26.7 Å². The molecule has 9 nitrogen and oxygen atoms in total. The first kappa shape index (κ1) is 23.0. The number of carbonyl (C=O) groups is 1. The molecule has 168 valence electrons. The van der Waals surface area contributed by atoms with Crippen molar-refractivity contribution in [2.24, 2.45) is 5.14 Å². The van der Waals surface area contributed by atoms with Crippen molar-refractivity contribution in [3.63, 3.8) is 0 Å². The van der Waals surface area contributed by atoms with Crippen LogP contribution in [0.1, 0.15) is 47.7 Å². The van der Waals surface area contributed by atoms with E-state index in [1.54, 1.807) is 0 Å². The highest BCUT2D eigenvalue weighted by molar-refractivity contribution is 7.92. The number of anilines is 2. The molecule has 5 N–H and O–H groups in total. The van der Waals surface area contributed by atoms with Gasteiger partial charge in [-0.2, -0.15) is 0 Å². The third kappa shape index (κ3) is 5.17. The summed E-state index contributed by atoms with van der Waals surface area (Å²) in [6.45, 7) is 2.56. The molecule has 3 rings (SSSR count). The number of benzene rings is 2. The van der Waals surface area contributed by atoms with Crippen LogP contribution in [-0.2, 0) is 32.9 Å². The van der Waals surface area contributed by atoms with Crippen LogP contribution in [0.4, 0.5) is 11.4 Å². The number of nitrogens with two attached hydrogens (primary N) is 1. The van der Waals surface area contributed by atoms with Crippen LogP contribution in [0.5, 0.6) is 0 Å². The number of carboxylic acids is 1. The lowest BCUT2D eigenvalue weighted by Crippen LogP contribution is -2.19. The molecule has 0 aliphatic heterocycles. The van der Waals surface area contributed by atoms with E-state index in [-0.39, 0.29) is 21.0 Å². The van der Waals surface area contributed by atoms with Crippen molar-refractivity contribution in [1.29, 1.82) is 0 Å². The van der Waals surface area contributed by atoms with Crippen LogP contribution >= 0.6 is 0 Å². The Morgan fingerprint density at radius 1 is 1.10 bits per heavy atom. The van der Waals surface area contributed by atoms with Gasteiger partial charge in [0, 0.05) is 6.54 Å². The number of aromatic carboxylic acids is 1. The highest BCUT2D eigenvalue weighted by atomic mass is 32.2. The number of fused-ring (bicyclic) bond motifs is 1. The third-order valence-corrected chi connectivity index (χ3v) is 7.46. The molecule has 2 aromatic carbocycles. The Morgan fingerprint density at radius 2 is 1.84 bits per heavy atom. The van der Waals surface area contributed by atoms with Gasteiger partial charge in [-0.15, -0.1) is 0 Å². The van der Waals surface area contributed by atoms with Crippen LogP contribution in [0, 0.1) is 0 Å². The molecule has 0 bridgehead atoms. The van der Waals surface area contributed by atoms with E-state index in [1.807, 2.05) is 6.92 Å². The Morgan fingerprint density at radius 3 is 2.48 bits per heavy atom. The number of hydrogen-bond donors (Lipinski definition) is 4. The molecular formula is C20H25N3O6S2. The minimum atomic E-state index is -4.20. The minimum absolute atomic E-state index is 0.0232. The Hall–Kier alpha value is -2.63. The van der Waals surface area contributed by atoms with Crippen LogP contribution in [-0.4, -0.2) is 34.5 Å². The van der Waals surface area contributed by atoms with E-state index in [9.17, 15) is 26.7 Å². The first-order chi connectivity index (χ1) is 14.5. The maximum atomic E-state index is 13.3. The molecule has 0 amide bonds. The predicted octanol–water partition coefficient (Wildman–Crippen LogP) is 2.53. The lowest BCUT2D eigenvalue weighted by Gasteiger charge is -2.17. The molecule has 0 heterocycles. The standard InChI is InChI=1S/C20H25N3O6S2/c1-2-3-9-22-17-8-7-15(30(21,26)27)12-18(17)23-31(28,29)19-11-14(20(24)25)10-13-5-4-6-16(13)19/h7-8,10-12,22-23H,2-6,9H2,1H3,(H,24,25)(H2,21,26,27). The van der Waals surface area contributed by atoms with Gasteiger partial charge in [-0.3, -0.25) is 4.72 Å². The Balaban J connectivity index is 2.07. The Bertz CT molecular complexity index is 1220. The van der Waals surface area contributed by atoms with Gasteiger partial charge in [-0.1, -0.05) is 13.3 Å². The number of primary sulfonamides is 1. The normalized spacial score (nSPS) is 13.6. The monoisotopic (exact) mass is 467 g/mol. The summed E-state index contributed by atoms with van der Waals surface area (Å²) in [6, 6.07) is 6.55. The highest BCUT2D eigenvalue weighted by Gasteiger charge is 2.27. The number of carboxylic acid groups (broad SMARTS) is 1. The average Bonchev–Trinajstić information content (AvgIpc) is 3.15. The topological polar surface area (TPSA) is 156 Å². The van der Waals surface area contributed by atoms with E-state index >= 15 is 0 Å². The van der Waals surface area contributed by atoms with Crippen molar-refractivity contribution in [3.8, 4) is 0 Å². The van der Waals surface area contributed by atoms with Gasteiger partial charge >= 0.3 is 5.97 Å². The fraction of sp³-hybridized carbons (Fsp3) is 0.350. The molecule has 0 saturated heterocycles. The molecule has 0 unspecified atom stereocenters. The van der Waals surface area contributed by atoms with Crippen molar-refractivity contribution in [3.05, 3.63) is 47.0 Å². The second kappa shape index (κ2) is 8.85. The number of nitrogens with one attached hydrogen (secondary N) is 2. The van der Waals surface area contributed by atoms with E-state index in [0.717, 1.165) is 31.4 Å². The zero-order valence-electron chi connectivity index (χ0n) is 17.0. The molecule has 2 aromatic rings. The Labute approximate surface area is 181 Å². The molecule has 0 atom stereocenters. The number of hydrogen-bond acceptors (Lipinski definition) is 6. The molecule has 1 aliphatic carbocycles. The molecule has 0 fully saturated rings. The zero-order valence-corrected chi connectivity index (χ0v) is 18.6. The Kier molecular flexibility index (Phi) is 6.58. The van der Waals surface area contributed by atoms with Gasteiger partial charge in [0.25, 0.3) is 10.0 Å². The summed E-state index contributed by atoms with van der Waals surface area (Å²) in [5.74, 6) is -1.22. The van der Waals surface area contributed by atoms with E-state index in [0.29, 0.717) is 36.2 Å². The van der Waals surface area contributed by atoms with Gasteiger partial charge in [0.1, 0.15) is 0 Å². The van der Waals surface area contributed by atoms with E-state index < -0.39 is 26.0 Å². The van der Waals surface area contributed by atoms with E-state index in [1.165, 1.54) is 18.2 Å². The van der Waals surface area contributed by atoms with Gasteiger partial charge < -0.3 is 10.4 Å².